The maximum absolute atomic E-state index is 10.4. The van der Waals surface area contributed by atoms with Gasteiger partial charge in [0.25, 0.3) is 0 Å². The van der Waals surface area contributed by atoms with Crippen molar-refractivity contribution in [2.75, 3.05) is 0 Å². The van der Waals surface area contributed by atoms with Gasteiger partial charge in [0, 0.05) is 0 Å². The van der Waals surface area contributed by atoms with E-state index in [1.165, 1.54) is 43.0 Å². The summed E-state index contributed by atoms with van der Waals surface area (Å²) < 4.78 is 39.7. The third-order valence-electron chi connectivity index (χ3n) is 4.50. The van der Waals surface area contributed by atoms with Crippen LogP contribution in [0.1, 0.15) is 45.1 Å². The molecule has 0 saturated heterocycles. The van der Waals surface area contributed by atoms with Gasteiger partial charge in [-0.15, -0.1) is 0 Å². The van der Waals surface area contributed by atoms with E-state index in [2.05, 4.69) is 81.8 Å². The molecule has 0 spiro atoms. The monoisotopic (exact) mass is 507 g/mol. The maximum atomic E-state index is 10.4. The molecule has 0 saturated carbocycles. The van der Waals surface area contributed by atoms with Crippen LogP contribution in [0.2, 0.25) is 0 Å². The van der Waals surface area contributed by atoms with Gasteiger partial charge in [-0.2, -0.15) is 5.16 Å². The van der Waals surface area contributed by atoms with Crippen LogP contribution in [0, 0.1) is 6.92 Å². The molecule has 8 nitrogen and oxygen atoms in total. The first kappa shape index (κ1) is 31.4. The second-order valence-electron chi connectivity index (χ2n) is 7.70. The molecule has 2 aromatic heterocycles. The van der Waals surface area contributed by atoms with Crippen molar-refractivity contribution in [3.8, 4) is 0 Å². The van der Waals surface area contributed by atoms with E-state index in [1.807, 2.05) is 21.0 Å². The second-order valence-corrected chi connectivity index (χ2v) is 9.26. The number of isothiocyanates is 1. The first-order valence-corrected chi connectivity index (χ1v) is 12.9. The van der Waals surface area contributed by atoms with Crippen molar-refractivity contribution < 1.29 is 22.1 Å². The van der Waals surface area contributed by atoms with Crippen LogP contribution < -0.4 is 9.13 Å². The third-order valence-corrected chi connectivity index (χ3v) is 5.35. The Morgan fingerprint density at radius 1 is 0.941 bits per heavy atom. The van der Waals surface area contributed by atoms with Crippen molar-refractivity contribution in [2.45, 2.75) is 64.4 Å². The lowest BCUT2D eigenvalue weighted by molar-refractivity contribution is -0.671. The molecule has 188 valence electrons. The molecule has 0 aliphatic heterocycles. The standard InChI is InChI=1S/2C8H15N2.C7H8O3S.CNS/c2*1-3-4-5-10-7-6-9(2)8-10;1-6-2-4-7(5-3-6)11(8,9)10;2-1-3/h2*6-8H,3-5H2,1-2H3;2-5H,1H3,(H,8,9,10);/q2*+1;;-1/p-1. The maximum Gasteiger partial charge on any atom is 0.243 e. The van der Waals surface area contributed by atoms with E-state index >= 15 is 0 Å². The largest absolute Gasteiger partial charge is 0.753 e. The zero-order valence-electron chi connectivity index (χ0n) is 20.8. The van der Waals surface area contributed by atoms with Crippen LogP contribution in [-0.2, 0) is 37.3 Å². The van der Waals surface area contributed by atoms with Gasteiger partial charge in [0.2, 0.25) is 12.7 Å². The number of rotatable bonds is 7. The lowest BCUT2D eigenvalue weighted by Gasteiger charge is -2.05. The minimum absolute atomic E-state index is 0.178. The minimum atomic E-state index is -4.27. The Morgan fingerprint density at radius 2 is 1.32 bits per heavy atom. The number of hydrogen-bond donors (Lipinski definition) is 0. The smallest absolute Gasteiger partial charge is 0.243 e. The van der Waals surface area contributed by atoms with Crippen LogP contribution in [0.15, 0.2) is 66.6 Å². The molecule has 0 aliphatic carbocycles. The van der Waals surface area contributed by atoms with E-state index in [0.29, 0.717) is 0 Å². The molecule has 0 bridgehead atoms. The molecule has 2 heterocycles. The quantitative estimate of drug-likeness (QED) is 0.210. The van der Waals surface area contributed by atoms with Gasteiger partial charge >= 0.3 is 0 Å². The molecule has 0 unspecified atom stereocenters. The Bertz CT molecular complexity index is 1020. The zero-order chi connectivity index (χ0) is 26.0. The number of benzene rings is 1. The van der Waals surface area contributed by atoms with Crippen LogP contribution >= 0.6 is 12.2 Å². The summed E-state index contributed by atoms with van der Waals surface area (Å²) in [4.78, 5) is -0.178. The average molecular weight is 508 g/mol. The first-order valence-electron chi connectivity index (χ1n) is 11.1. The van der Waals surface area contributed by atoms with Gasteiger partial charge in [-0.25, -0.2) is 26.7 Å². The van der Waals surface area contributed by atoms with Gasteiger partial charge < -0.3 is 9.96 Å². The van der Waals surface area contributed by atoms with Gasteiger partial charge in [-0.05, 0) is 31.9 Å². The highest BCUT2D eigenvalue weighted by Crippen LogP contribution is 2.08. The third kappa shape index (κ3) is 15.2. The van der Waals surface area contributed by atoms with Crippen LogP contribution in [-0.4, -0.2) is 27.3 Å². The molecule has 3 rings (SSSR count). The highest BCUT2D eigenvalue weighted by molar-refractivity contribution is 7.85. The van der Waals surface area contributed by atoms with Gasteiger partial charge in [-0.3, -0.25) is 0 Å². The van der Waals surface area contributed by atoms with Gasteiger partial charge in [0.05, 0.1) is 32.1 Å². The molecule has 34 heavy (non-hydrogen) atoms. The van der Waals surface area contributed by atoms with E-state index in [1.54, 1.807) is 12.1 Å². The Hall–Kier alpha value is -2.65. The molecule has 1 aromatic carbocycles. The zero-order valence-corrected chi connectivity index (χ0v) is 22.4. The number of aryl methyl sites for hydroxylation is 5. The van der Waals surface area contributed by atoms with E-state index in [-0.39, 0.29) is 4.90 Å². The highest BCUT2D eigenvalue weighted by atomic mass is 32.2. The minimum Gasteiger partial charge on any atom is -0.753 e. The second kappa shape index (κ2) is 17.8. The van der Waals surface area contributed by atoms with Crippen molar-refractivity contribution in [2.24, 2.45) is 14.1 Å². The summed E-state index contributed by atoms with van der Waals surface area (Å²) in [6, 6.07) is 5.78. The average Bonchev–Trinajstić information content (AvgIpc) is 3.39. The van der Waals surface area contributed by atoms with Gasteiger partial charge in [0.1, 0.15) is 34.9 Å². The summed E-state index contributed by atoms with van der Waals surface area (Å²) in [6.45, 7) is 8.54. The molecule has 0 radical (unpaired) electrons. The Labute approximate surface area is 209 Å². The van der Waals surface area contributed by atoms with Crippen LogP contribution in [0.25, 0.3) is 5.41 Å². The number of hydrogen-bond acceptors (Lipinski definition) is 4. The first-order chi connectivity index (χ1) is 16.1. The fourth-order valence-corrected chi connectivity index (χ4v) is 3.12. The number of nitrogens with zero attached hydrogens (tertiary/aromatic N) is 5. The fourth-order valence-electron chi connectivity index (χ4n) is 2.65. The molecule has 3 aromatic rings. The molecule has 0 N–H and O–H groups in total. The van der Waals surface area contributed by atoms with E-state index in [9.17, 15) is 13.0 Å². The van der Waals surface area contributed by atoms with Gasteiger partial charge in [-0.1, -0.05) is 56.6 Å². The predicted octanol–water partition coefficient (Wildman–Crippen LogP) is 3.78. The Balaban J connectivity index is 0.000000454. The summed E-state index contributed by atoms with van der Waals surface area (Å²) >= 11 is 3.70. The van der Waals surface area contributed by atoms with E-state index in [0.717, 1.165) is 18.7 Å². The van der Waals surface area contributed by atoms with Crippen LogP contribution in [0.5, 0.6) is 0 Å². The summed E-state index contributed by atoms with van der Waals surface area (Å²) in [6.07, 6.45) is 17.6. The predicted molar refractivity (Wildman–Crippen MR) is 136 cm³/mol. The van der Waals surface area contributed by atoms with Crippen molar-refractivity contribution in [1.82, 2.24) is 9.13 Å². The van der Waals surface area contributed by atoms with Crippen molar-refractivity contribution in [3.63, 3.8) is 0 Å². The molecule has 0 atom stereocenters. The van der Waals surface area contributed by atoms with E-state index < -0.39 is 10.1 Å². The van der Waals surface area contributed by atoms with Crippen LogP contribution in [0.4, 0.5) is 0 Å². The van der Waals surface area contributed by atoms with Crippen molar-refractivity contribution in [1.29, 1.82) is 0 Å². The Kier molecular flexibility index (Phi) is 16.4. The van der Waals surface area contributed by atoms with Gasteiger partial charge in [0.15, 0.2) is 0 Å². The van der Waals surface area contributed by atoms with Crippen molar-refractivity contribution in [3.05, 3.63) is 72.7 Å². The summed E-state index contributed by atoms with van der Waals surface area (Å²) in [5.74, 6) is 0. The lowest BCUT2D eigenvalue weighted by atomic mass is 10.2. The number of imidazole rings is 2. The van der Waals surface area contributed by atoms with E-state index in [4.69, 9.17) is 5.41 Å². The fraction of sp³-hybridized carbons (Fsp3) is 0.458. The molecule has 0 amide bonds. The normalized spacial score (nSPS) is 9.94. The Morgan fingerprint density at radius 3 is 1.59 bits per heavy atom. The summed E-state index contributed by atoms with van der Waals surface area (Å²) in [5.41, 5.74) is 0.928. The molecule has 10 heteroatoms. The molecular weight excluding hydrogens is 470 g/mol. The number of thiocarbonyl (C=S) groups is 1. The summed E-state index contributed by atoms with van der Waals surface area (Å²) in [7, 11) is -0.181. The van der Waals surface area contributed by atoms with Crippen molar-refractivity contribution >= 4 is 27.5 Å². The summed E-state index contributed by atoms with van der Waals surface area (Å²) in [5, 5.41) is 8.47. The number of unbranched alkanes of at least 4 members (excludes halogenated alkanes) is 2. The highest BCUT2D eigenvalue weighted by Gasteiger charge is 1.98. The molecular formula is C24H37N5O3S2. The molecule has 0 fully saturated rings. The van der Waals surface area contributed by atoms with Crippen LogP contribution in [0.3, 0.4) is 0 Å². The molecule has 0 aliphatic rings. The topological polar surface area (TPSA) is 97.1 Å². The lowest BCUT2D eigenvalue weighted by Crippen LogP contribution is -2.23. The SMILES string of the molecule is CCCCn1cc[n+](C)c1.CCCCn1cc[n+](C)c1.Cc1ccc(S(=O)(=O)[O-])cc1.[N-]=C=S. The number of aromatic nitrogens is 4.